The summed E-state index contributed by atoms with van der Waals surface area (Å²) >= 11 is 0. The van der Waals surface area contributed by atoms with Crippen LogP contribution in [0, 0.1) is 0 Å². The molecule has 2 saturated heterocycles. The number of hydrogen-bond acceptors (Lipinski definition) is 3. The van der Waals surface area contributed by atoms with Gasteiger partial charge in [-0.1, -0.05) is 0 Å². The summed E-state index contributed by atoms with van der Waals surface area (Å²) in [7, 11) is 0. The van der Waals surface area contributed by atoms with Gasteiger partial charge in [0, 0.05) is 32.7 Å². The number of rotatable bonds is 3. The zero-order valence-electron chi connectivity index (χ0n) is 9.62. The number of carbonyl (C=O) groups is 1. The van der Waals surface area contributed by atoms with Crippen molar-refractivity contribution in [2.24, 2.45) is 0 Å². The van der Waals surface area contributed by atoms with Crippen molar-refractivity contribution in [3.8, 4) is 0 Å². The van der Waals surface area contributed by atoms with E-state index in [1.54, 1.807) is 0 Å². The fourth-order valence-electron chi connectivity index (χ4n) is 2.43. The van der Waals surface area contributed by atoms with Crippen molar-refractivity contribution in [1.29, 1.82) is 0 Å². The van der Waals surface area contributed by atoms with Crippen LogP contribution in [0.3, 0.4) is 0 Å². The standard InChI is InChI=1S/C11H20FN3O/c12-3-5-14-6-8-15(9-7-14)11(16)10-2-1-4-13-10/h10,13H,1-9H2/t10-/m0/s1. The summed E-state index contributed by atoms with van der Waals surface area (Å²) < 4.78 is 12.1. The van der Waals surface area contributed by atoms with Crippen molar-refractivity contribution >= 4 is 5.91 Å². The molecule has 0 aliphatic carbocycles. The predicted molar refractivity (Wildman–Crippen MR) is 60.0 cm³/mol. The molecule has 2 aliphatic heterocycles. The molecular formula is C11H20FN3O. The molecule has 92 valence electrons. The molecule has 0 unspecified atom stereocenters. The molecule has 0 aromatic heterocycles. The first-order chi connectivity index (χ1) is 7.81. The Hall–Kier alpha value is -0.680. The molecule has 2 aliphatic rings. The van der Waals surface area contributed by atoms with Gasteiger partial charge < -0.3 is 10.2 Å². The molecule has 16 heavy (non-hydrogen) atoms. The monoisotopic (exact) mass is 229 g/mol. The number of amides is 1. The lowest BCUT2D eigenvalue weighted by molar-refractivity contribution is -0.134. The SMILES string of the molecule is O=C([C@@H]1CCCN1)N1CCN(CCF)CC1. The van der Waals surface area contributed by atoms with E-state index in [0.717, 1.165) is 45.6 Å². The number of nitrogens with one attached hydrogen (secondary N) is 1. The smallest absolute Gasteiger partial charge is 0.239 e. The van der Waals surface area contributed by atoms with E-state index in [4.69, 9.17) is 0 Å². The minimum absolute atomic E-state index is 0.0349. The summed E-state index contributed by atoms with van der Waals surface area (Å²) in [4.78, 5) is 16.0. The van der Waals surface area contributed by atoms with Gasteiger partial charge in [0.25, 0.3) is 0 Å². The normalized spacial score (nSPS) is 27.3. The van der Waals surface area contributed by atoms with Gasteiger partial charge in [-0.2, -0.15) is 0 Å². The van der Waals surface area contributed by atoms with E-state index in [1.807, 2.05) is 4.90 Å². The van der Waals surface area contributed by atoms with Crippen molar-refractivity contribution in [3.05, 3.63) is 0 Å². The van der Waals surface area contributed by atoms with Crippen molar-refractivity contribution < 1.29 is 9.18 Å². The van der Waals surface area contributed by atoms with Crippen LogP contribution in [0.15, 0.2) is 0 Å². The molecule has 2 heterocycles. The summed E-state index contributed by atoms with van der Waals surface area (Å²) in [5.74, 6) is 0.234. The van der Waals surface area contributed by atoms with Crippen molar-refractivity contribution in [1.82, 2.24) is 15.1 Å². The highest BCUT2D eigenvalue weighted by atomic mass is 19.1. The Bertz CT molecular complexity index is 235. The van der Waals surface area contributed by atoms with Crippen molar-refractivity contribution in [3.63, 3.8) is 0 Å². The van der Waals surface area contributed by atoms with Crippen LogP contribution < -0.4 is 5.32 Å². The van der Waals surface area contributed by atoms with Crippen LogP contribution in [0.1, 0.15) is 12.8 Å². The molecule has 0 radical (unpaired) electrons. The summed E-state index contributed by atoms with van der Waals surface area (Å²) in [5, 5.41) is 3.23. The summed E-state index contributed by atoms with van der Waals surface area (Å²) in [5.41, 5.74) is 0. The van der Waals surface area contributed by atoms with Gasteiger partial charge >= 0.3 is 0 Å². The quantitative estimate of drug-likeness (QED) is 0.731. The van der Waals surface area contributed by atoms with E-state index in [-0.39, 0.29) is 18.6 Å². The van der Waals surface area contributed by atoms with Gasteiger partial charge in [-0.05, 0) is 19.4 Å². The van der Waals surface area contributed by atoms with Gasteiger partial charge in [-0.3, -0.25) is 9.69 Å². The van der Waals surface area contributed by atoms with Gasteiger partial charge in [-0.15, -0.1) is 0 Å². The number of nitrogens with zero attached hydrogens (tertiary/aromatic N) is 2. The molecule has 2 rings (SSSR count). The van der Waals surface area contributed by atoms with E-state index >= 15 is 0 Å². The summed E-state index contributed by atoms with van der Waals surface area (Å²) in [6, 6.07) is 0.0349. The maximum Gasteiger partial charge on any atom is 0.239 e. The number of piperazine rings is 1. The highest BCUT2D eigenvalue weighted by Crippen LogP contribution is 2.10. The van der Waals surface area contributed by atoms with E-state index < -0.39 is 0 Å². The zero-order chi connectivity index (χ0) is 11.4. The Balaban J connectivity index is 1.77. The molecule has 5 heteroatoms. The number of alkyl halides is 1. The Labute approximate surface area is 95.8 Å². The third-order valence-corrected chi connectivity index (χ3v) is 3.44. The minimum Gasteiger partial charge on any atom is -0.339 e. The van der Waals surface area contributed by atoms with Crippen LogP contribution >= 0.6 is 0 Å². The molecule has 0 aromatic carbocycles. The molecular weight excluding hydrogens is 209 g/mol. The van der Waals surface area contributed by atoms with Crippen LogP contribution in [0.4, 0.5) is 4.39 Å². The molecule has 0 saturated carbocycles. The average Bonchev–Trinajstić information content (AvgIpc) is 2.83. The van der Waals surface area contributed by atoms with Gasteiger partial charge in [-0.25, -0.2) is 4.39 Å². The number of hydrogen-bond donors (Lipinski definition) is 1. The first-order valence-corrected chi connectivity index (χ1v) is 6.12. The first kappa shape index (κ1) is 11.8. The molecule has 2 fully saturated rings. The molecule has 1 atom stereocenters. The third kappa shape index (κ3) is 2.71. The van der Waals surface area contributed by atoms with Gasteiger partial charge in [0.1, 0.15) is 6.67 Å². The predicted octanol–water partition coefficient (Wildman–Crippen LogP) is -0.148. The molecule has 0 spiro atoms. The van der Waals surface area contributed by atoms with Crippen LogP contribution in [-0.4, -0.2) is 67.7 Å². The average molecular weight is 229 g/mol. The molecule has 1 N–H and O–H groups in total. The maximum absolute atomic E-state index is 12.1. The highest BCUT2D eigenvalue weighted by Gasteiger charge is 2.28. The number of carbonyl (C=O) groups excluding carboxylic acids is 1. The highest BCUT2D eigenvalue weighted by molar-refractivity contribution is 5.82. The lowest BCUT2D eigenvalue weighted by atomic mass is 10.2. The molecule has 4 nitrogen and oxygen atoms in total. The molecule has 0 bridgehead atoms. The third-order valence-electron chi connectivity index (χ3n) is 3.44. The van der Waals surface area contributed by atoms with Crippen LogP contribution in [0.5, 0.6) is 0 Å². The van der Waals surface area contributed by atoms with Crippen LogP contribution in [0.25, 0.3) is 0 Å². The zero-order valence-corrected chi connectivity index (χ0v) is 9.62. The van der Waals surface area contributed by atoms with Crippen LogP contribution in [0.2, 0.25) is 0 Å². The van der Waals surface area contributed by atoms with Crippen molar-refractivity contribution in [2.45, 2.75) is 18.9 Å². The summed E-state index contributed by atoms with van der Waals surface area (Å²) in [6.45, 7) is 4.28. The topological polar surface area (TPSA) is 35.6 Å². The molecule has 0 aromatic rings. The molecule has 1 amide bonds. The second kappa shape index (κ2) is 5.59. The largest absolute Gasteiger partial charge is 0.339 e. The minimum atomic E-state index is -0.294. The van der Waals surface area contributed by atoms with E-state index in [0.29, 0.717) is 6.54 Å². The number of halogens is 1. The lowest BCUT2D eigenvalue weighted by Gasteiger charge is -2.35. The van der Waals surface area contributed by atoms with Gasteiger partial charge in [0.2, 0.25) is 5.91 Å². The first-order valence-electron chi connectivity index (χ1n) is 6.12. The fraction of sp³-hybridized carbons (Fsp3) is 0.909. The Kier molecular flexibility index (Phi) is 4.12. The van der Waals surface area contributed by atoms with Crippen LogP contribution in [-0.2, 0) is 4.79 Å². The Morgan fingerprint density at radius 1 is 1.31 bits per heavy atom. The van der Waals surface area contributed by atoms with E-state index in [1.165, 1.54) is 0 Å². The van der Waals surface area contributed by atoms with Crippen molar-refractivity contribution in [2.75, 3.05) is 45.9 Å². The van der Waals surface area contributed by atoms with Gasteiger partial charge in [0.05, 0.1) is 6.04 Å². The lowest BCUT2D eigenvalue weighted by Crippen LogP contribution is -2.53. The van der Waals surface area contributed by atoms with Gasteiger partial charge in [0.15, 0.2) is 0 Å². The van der Waals surface area contributed by atoms with E-state index in [2.05, 4.69) is 10.2 Å². The maximum atomic E-state index is 12.1. The Morgan fingerprint density at radius 3 is 2.62 bits per heavy atom. The summed E-state index contributed by atoms with van der Waals surface area (Å²) in [6.07, 6.45) is 2.06. The Morgan fingerprint density at radius 2 is 2.06 bits per heavy atom. The second-order valence-electron chi connectivity index (χ2n) is 4.50. The van der Waals surface area contributed by atoms with E-state index in [9.17, 15) is 9.18 Å². The second-order valence-corrected chi connectivity index (χ2v) is 4.50. The fourth-order valence-corrected chi connectivity index (χ4v) is 2.43.